The van der Waals surface area contributed by atoms with E-state index in [1.165, 1.54) is 14.2 Å². The summed E-state index contributed by atoms with van der Waals surface area (Å²) in [6.45, 7) is 0.547. The number of rotatable bonds is 13. The van der Waals surface area contributed by atoms with E-state index in [9.17, 15) is 9.47 Å². The molecule has 1 atom stereocenters. The first-order valence-corrected chi connectivity index (χ1v) is 13.0. The Kier molecular flexibility index (Phi) is 9.47. The van der Waals surface area contributed by atoms with Crippen molar-refractivity contribution in [3.05, 3.63) is 66.2 Å². The third-order valence-electron chi connectivity index (χ3n) is 5.38. The minimum Gasteiger partial charge on any atom is -0.497 e. The first-order chi connectivity index (χ1) is 19.1. The number of aliphatic hydroxyl groups excluding tert-OH is 1. The predicted molar refractivity (Wildman–Crippen MR) is 147 cm³/mol. The molecule has 4 rings (SSSR count). The summed E-state index contributed by atoms with van der Waals surface area (Å²) in [5.41, 5.74) is 2.05. The SMILES string of the molecule is COc1cc(Nc2nc3ccccc3nc2NS(=O)c2cccc(C#N)c2)c(OCCOCCO)c(OC)c1. The van der Waals surface area contributed by atoms with Gasteiger partial charge < -0.3 is 29.4 Å². The number of aromatic nitrogens is 2. The number of nitriles is 1. The van der Waals surface area contributed by atoms with Crippen molar-refractivity contribution in [3.8, 4) is 23.3 Å². The van der Waals surface area contributed by atoms with Gasteiger partial charge in [-0.1, -0.05) is 18.2 Å². The van der Waals surface area contributed by atoms with Gasteiger partial charge in [-0.2, -0.15) is 5.26 Å². The monoisotopic (exact) mass is 549 g/mol. The maximum Gasteiger partial charge on any atom is 0.185 e. The maximum absolute atomic E-state index is 13.2. The molecule has 3 N–H and O–H groups in total. The number of fused-ring (bicyclic) bond motifs is 1. The molecule has 39 heavy (non-hydrogen) atoms. The molecule has 0 fully saturated rings. The van der Waals surface area contributed by atoms with Crippen LogP contribution in [0.1, 0.15) is 5.56 Å². The third-order valence-corrected chi connectivity index (χ3v) is 6.44. The fourth-order valence-corrected chi connectivity index (χ4v) is 4.44. The second-order valence-corrected chi connectivity index (χ2v) is 9.15. The summed E-state index contributed by atoms with van der Waals surface area (Å²) in [6, 6.07) is 19.2. The summed E-state index contributed by atoms with van der Waals surface area (Å²) >= 11 is 0. The number of hydrogen-bond acceptors (Lipinski definition) is 10. The van der Waals surface area contributed by atoms with E-state index in [1.54, 1.807) is 42.5 Å². The number of hydrogen-bond donors (Lipinski definition) is 3. The van der Waals surface area contributed by atoms with Crippen LogP contribution in [0.5, 0.6) is 17.2 Å². The van der Waals surface area contributed by atoms with Crippen LogP contribution in [0, 0.1) is 11.3 Å². The van der Waals surface area contributed by atoms with Crippen LogP contribution < -0.4 is 24.2 Å². The molecule has 0 saturated heterocycles. The number of aliphatic hydroxyl groups is 1. The van der Waals surface area contributed by atoms with Crippen molar-refractivity contribution in [2.24, 2.45) is 0 Å². The van der Waals surface area contributed by atoms with Crippen molar-refractivity contribution in [2.45, 2.75) is 4.90 Å². The fraction of sp³-hybridized carbons (Fsp3) is 0.222. The van der Waals surface area contributed by atoms with E-state index in [2.05, 4.69) is 15.0 Å². The van der Waals surface area contributed by atoms with E-state index in [0.717, 1.165) is 0 Å². The third kappa shape index (κ3) is 6.91. The number of ether oxygens (including phenoxy) is 4. The highest BCUT2D eigenvalue weighted by Gasteiger charge is 2.19. The molecule has 0 aliphatic rings. The van der Waals surface area contributed by atoms with Crippen molar-refractivity contribution in [1.82, 2.24) is 9.97 Å². The topological polar surface area (TPSA) is 148 Å². The Morgan fingerprint density at radius 1 is 0.949 bits per heavy atom. The molecule has 1 unspecified atom stereocenters. The number of para-hydroxylation sites is 2. The van der Waals surface area contributed by atoms with Gasteiger partial charge in [-0.25, -0.2) is 14.2 Å². The normalized spacial score (nSPS) is 11.4. The summed E-state index contributed by atoms with van der Waals surface area (Å²) in [4.78, 5) is 9.77. The molecule has 4 aromatic rings. The number of methoxy groups -OCH3 is 2. The summed E-state index contributed by atoms with van der Waals surface area (Å²) < 4.78 is 38.4. The molecule has 0 aliphatic heterocycles. The van der Waals surface area contributed by atoms with Gasteiger partial charge in [0.2, 0.25) is 0 Å². The van der Waals surface area contributed by atoms with Crippen LogP contribution in [0.15, 0.2) is 65.6 Å². The Hall–Kier alpha value is -4.44. The van der Waals surface area contributed by atoms with E-state index in [1.807, 2.05) is 24.3 Å². The molecule has 0 aliphatic carbocycles. The first kappa shape index (κ1) is 27.6. The molecular weight excluding hydrogens is 522 g/mol. The molecule has 1 heterocycles. The molecule has 3 aromatic carbocycles. The van der Waals surface area contributed by atoms with Gasteiger partial charge in [0.15, 0.2) is 34.1 Å². The zero-order chi connectivity index (χ0) is 27.6. The average Bonchev–Trinajstić information content (AvgIpc) is 2.97. The molecule has 0 saturated carbocycles. The minimum atomic E-state index is -1.74. The Bertz CT molecular complexity index is 1510. The van der Waals surface area contributed by atoms with Gasteiger partial charge in [0.1, 0.15) is 12.4 Å². The highest BCUT2D eigenvalue weighted by Crippen LogP contribution is 2.41. The second-order valence-electron chi connectivity index (χ2n) is 7.94. The van der Waals surface area contributed by atoms with Crippen LogP contribution in [0.2, 0.25) is 0 Å². The largest absolute Gasteiger partial charge is 0.497 e. The van der Waals surface area contributed by atoms with Crippen molar-refractivity contribution in [1.29, 1.82) is 5.26 Å². The van der Waals surface area contributed by atoms with Crippen LogP contribution in [0.25, 0.3) is 11.0 Å². The average molecular weight is 550 g/mol. The van der Waals surface area contributed by atoms with Crippen molar-refractivity contribution in [2.75, 3.05) is 50.7 Å². The minimum absolute atomic E-state index is 0.0861. The van der Waals surface area contributed by atoms with Crippen LogP contribution in [0.4, 0.5) is 17.3 Å². The van der Waals surface area contributed by atoms with Gasteiger partial charge in [0.25, 0.3) is 0 Å². The summed E-state index contributed by atoms with van der Waals surface area (Å²) in [6.07, 6.45) is 0. The van der Waals surface area contributed by atoms with Crippen molar-refractivity contribution < 1.29 is 28.3 Å². The Morgan fingerprint density at radius 3 is 2.41 bits per heavy atom. The number of benzene rings is 3. The molecule has 11 nitrogen and oxygen atoms in total. The zero-order valence-corrected chi connectivity index (χ0v) is 22.2. The van der Waals surface area contributed by atoms with Crippen LogP contribution in [0.3, 0.4) is 0 Å². The van der Waals surface area contributed by atoms with E-state index >= 15 is 0 Å². The lowest BCUT2D eigenvalue weighted by Crippen LogP contribution is -2.12. The number of nitrogens with one attached hydrogen (secondary N) is 2. The smallest absolute Gasteiger partial charge is 0.185 e. The van der Waals surface area contributed by atoms with E-state index in [-0.39, 0.29) is 38.1 Å². The van der Waals surface area contributed by atoms with Gasteiger partial charge in [-0.05, 0) is 30.3 Å². The molecule has 0 bridgehead atoms. The van der Waals surface area contributed by atoms with Crippen LogP contribution >= 0.6 is 0 Å². The quantitative estimate of drug-likeness (QED) is 0.210. The zero-order valence-electron chi connectivity index (χ0n) is 21.3. The Morgan fingerprint density at radius 2 is 1.72 bits per heavy atom. The van der Waals surface area contributed by atoms with Gasteiger partial charge in [0.05, 0.1) is 67.3 Å². The molecule has 1 aromatic heterocycles. The highest BCUT2D eigenvalue weighted by atomic mass is 32.2. The van der Waals surface area contributed by atoms with Gasteiger partial charge in [0, 0.05) is 12.1 Å². The first-order valence-electron chi connectivity index (χ1n) is 11.9. The maximum atomic E-state index is 13.2. The molecule has 0 spiro atoms. The lowest BCUT2D eigenvalue weighted by atomic mass is 10.2. The van der Waals surface area contributed by atoms with Gasteiger partial charge in [-0.3, -0.25) is 4.72 Å². The number of anilines is 3. The van der Waals surface area contributed by atoms with Gasteiger partial charge in [-0.15, -0.1) is 0 Å². The lowest BCUT2D eigenvalue weighted by molar-refractivity contribution is 0.0700. The van der Waals surface area contributed by atoms with E-state index < -0.39 is 11.0 Å². The van der Waals surface area contributed by atoms with Crippen LogP contribution in [-0.2, 0) is 15.7 Å². The molecule has 12 heteroatoms. The lowest BCUT2D eigenvalue weighted by Gasteiger charge is -2.19. The molecule has 0 radical (unpaired) electrons. The van der Waals surface area contributed by atoms with Crippen molar-refractivity contribution >= 4 is 39.3 Å². The number of nitrogens with zero attached hydrogens (tertiary/aromatic N) is 3. The summed E-state index contributed by atoms with van der Waals surface area (Å²) in [5, 5.41) is 21.4. The van der Waals surface area contributed by atoms with E-state index in [0.29, 0.717) is 44.4 Å². The highest BCUT2D eigenvalue weighted by molar-refractivity contribution is 7.86. The molecular formula is C27H27N5O6S. The summed E-state index contributed by atoms with van der Waals surface area (Å²) in [7, 11) is 1.30. The second kappa shape index (κ2) is 13.4. The standard InChI is InChI=1S/C27H27N5O6S/c1-35-19-15-23(25(24(16-19)36-2)38-13-12-37-11-10-33)31-26-27(30-22-9-4-3-8-21(22)29-26)32-39(34)20-7-5-6-18(14-20)17-28/h3-9,14-16,33H,10-13H2,1-2H3,(H,29,31)(H,30,32). The Labute approximate surface area is 227 Å². The molecule has 0 amide bonds. The van der Waals surface area contributed by atoms with Crippen molar-refractivity contribution in [3.63, 3.8) is 0 Å². The molecule has 202 valence electrons. The summed E-state index contributed by atoms with van der Waals surface area (Å²) in [5.74, 6) is 1.76. The predicted octanol–water partition coefficient (Wildman–Crippen LogP) is 3.78. The van der Waals surface area contributed by atoms with Crippen LogP contribution in [-0.4, -0.2) is 59.9 Å². The fourth-order valence-electron chi connectivity index (χ4n) is 3.57. The Balaban J connectivity index is 1.73. The van der Waals surface area contributed by atoms with E-state index in [4.69, 9.17) is 29.0 Å². The van der Waals surface area contributed by atoms with Gasteiger partial charge >= 0.3 is 0 Å².